The van der Waals surface area contributed by atoms with E-state index in [4.69, 9.17) is 4.42 Å². The molecule has 6 amide bonds. The summed E-state index contributed by atoms with van der Waals surface area (Å²) in [5.41, 5.74) is -0.821. The molecule has 0 bridgehead atoms. The van der Waals surface area contributed by atoms with Gasteiger partial charge < -0.3 is 15.1 Å². The Kier molecular flexibility index (Phi) is 3.46. The van der Waals surface area contributed by atoms with Crippen LogP contribution in [0.3, 0.4) is 0 Å². The second-order valence-corrected chi connectivity index (χ2v) is 6.37. The topological polar surface area (TPSA) is 112 Å². The Morgan fingerprint density at radius 1 is 1.23 bits per heavy atom. The highest BCUT2D eigenvalue weighted by molar-refractivity contribution is 6.10. The molecule has 0 spiro atoms. The summed E-state index contributed by atoms with van der Waals surface area (Å²) in [6.45, 7) is 1.58. The lowest BCUT2D eigenvalue weighted by atomic mass is 9.99. The van der Waals surface area contributed by atoms with Crippen molar-refractivity contribution in [3.05, 3.63) is 36.1 Å². The van der Waals surface area contributed by atoms with Crippen molar-refractivity contribution in [2.45, 2.75) is 12.5 Å². The summed E-state index contributed by atoms with van der Waals surface area (Å²) >= 11 is 0. The van der Waals surface area contributed by atoms with Gasteiger partial charge in [-0.25, -0.2) is 9.59 Å². The molecule has 1 atom stereocenters. The van der Waals surface area contributed by atoms with E-state index >= 15 is 0 Å². The summed E-state index contributed by atoms with van der Waals surface area (Å²) in [7, 11) is 0. The van der Waals surface area contributed by atoms with Crippen molar-refractivity contribution in [1.29, 1.82) is 0 Å². The minimum absolute atomic E-state index is 0.210. The van der Waals surface area contributed by atoms with Crippen molar-refractivity contribution in [2.75, 3.05) is 19.6 Å². The highest BCUT2D eigenvalue weighted by Gasteiger charge is 2.52. The van der Waals surface area contributed by atoms with Gasteiger partial charge in [-0.2, -0.15) is 0 Å². The Balaban J connectivity index is 1.60. The van der Waals surface area contributed by atoms with E-state index in [2.05, 4.69) is 10.6 Å². The molecule has 0 unspecified atom stereocenters. The monoisotopic (exact) mass is 356 g/mol. The van der Waals surface area contributed by atoms with Crippen molar-refractivity contribution in [3.8, 4) is 0 Å². The van der Waals surface area contributed by atoms with Gasteiger partial charge in [0.25, 0.3) is 11.8 Å². The quantitative estimate of drug-likeness (QED) is 0.788. The van der Waals surface area contributed by atoms with Gasteiger partial charge in [0.1, 0.15) is 17.9 Å². The SMILES string of the molecule is C[C@]1(c2cc3ccccc3o2)NC(=O)N(CC(=O)N2CCNC2=O)C1=O. The summed E-state index contributed by atoms with van der Waals surface area (Å²) in [5.74, 6) is -0.933. The number of nitrogens with zero attached hydrogens (tertiary/aromatic N) is 2. The highest BCUT2D eigenvalue weighted by Crippen LogP contribution is 2.33. The van der Waals surface area contributed by atoms with Crippen LogP contribution in [0.2, 0.25) is 0 Å². The summed E-state index contributed by atoms with van der Waals surface area (Å²) in [5, 5.41) is 5.89. The first-order valence-corrected chi connectivity index (χ1v) is 8.11. The van der Waals surface area contributed by atoms with Gasteiger partial charge in [0.15, 0.2) is 5.54 Å². The van der Waals surface area contributed by atoms with E-state index in [1.165, 1.54) is 6.92 Å². The number of para-hydroxylation sites is 1. The number of hydrogen-bond acceptors (Lipinski definition) is 5. The molecule has 2 aliphatic heterocycles. The summed E-state index contributed by atoms with van der Waals surface area (Å²) in [4.78, 5) is 50.8. The second kappa shape index (κ2) is 5.58. The lowest BCUT2D eigenvalue weighted by Gasteiger charge is -2.20. The minimum atomic E-state index is -1.41. The molecular weight excluding hydrogens is 340 g/mol. The van der Waals surface area contributed by atoms with E-state index in [-0.39, 0.29) is 12.3 Å². The molecule has 2 saturated heterocycles. The van der Waals surface area contributed by atoms with Crippen LogP contribution < -0.4 is 10.6 Å². The maximum Gasteiger partial charge on any atom is 0.325 e. The van der Waals surface area contributed by atoms with Crippen LogP contribution in [0.4, 0.5) is 9.59 Å². The van der Waals surface area contributed by atoms with E-state index in [0.29, 0.717) is 12.1 Å². The maximum atomic E-state index is 12.9. The van der Waals surface area contributed by atoms with Crippen molar-refractivity contribution < 1.29 is 23.6 Å². The number of carbonyl (C=O) groups excluding carboxylic acids is 4. The number of fused-ring (bicyclic) bond motifs is 1. The Hall–Kier alpha value is -3.36. The van der Waals surface area contributed by atoms with Gasteiger partial charge in [-0.1, -0.05) is 18.2 Å². The average molecular weight is 356 g/mol. The predicted octanol–water partition coefficient (Wildman–Crippen LogP) is 0.752. The Morgan fingerprint density at radius 2 is 2.00 bits per heavy atom. The molecule has 2 aliphatic rings. The molecule has 9 heteroatoms. The minimum Gasteiger partial charge on any atom is -0.458 e. The fraction of sp³-hybridized carbons (Fsp3) is 0.294. The van der Waals surface area contributed by atoms with Crippen LogP contribution >= 0.6 is 0 Å². The molecule has 3 heterocycles. The van der Waals surface area contributed by atoms with Crippen LogP contribution in [0.15, 0.2) is 34.7 Å². The van der Waals surface area contributed by atoms with Crippen LogP contribution in [0, 0.1) is 0 Å². The molecule has 4 rings (SSSR count). The number of carbonyl (C=O) groups is 4. The van der Waals surface area contributed by atoms with E-state index in [1.807, 2.05) is 12.1 Å². The molecule has 0 radical (unpaired) electrons. The van der Waals surface area contributed by atoms with Crippen molar-refractivity contribution in [2.24, 2.45) is 0 Å². The van der Waals surface area contributed by atoms with Crippen molar-refractivity contribution >= 4 is 34.8 Å². The van der Waals surface area contributed by atoms with E-state index in [1.54, 1.807) is 18.2 Å². The maximum absolute atomic E-state index is 12.9. The van der Waals surface area contributed by atoms with Crippen molar-refractivity contribution in [3.63, 3.8) is 0 Å². The molecule has 2 aromatic rings. The Labute approximate surface area is 147 Å². The lowest BCUT2D eigenvalue weighted by Crippen LogP contribution is -2.45. The number of imide groups is 2. The Morgan fingerprint density at radius 3 is 2.69 bits per heavy atom. The van der Waals surface area contributed by atoms with Gasteiger partial charge in [0, 0.05) is 18.5 Å². The molecule has 2 N–H and O–H groups in total. The van der Waals surface area contributed by atoms with Crippen LogP contribution in [0.1, 0.15) is 12.7 Å². The average Bonchev–Trinajstić information content (AvgIpc) is 3.29. The number of urea groups is 2. The number of furan rings is 1. The molecule has 1 aromatic heterocycles. The third-order valence-electron chi connectivity index (χ3n) is 4.64. The Bertz CT molecular complexity index is 919. The summed E-state index contributed by atoms with van der Waals surface area (Å²) in [6, 6.07) is 7.70. The van der Waals surface area contributed by atoms with Gasteiger partial charge in [-0.15, -0.1) is 0 Å². The molecule has 9 nitrogen and oxygen atoms in total. The van der Waals surface area contributed by atoms with Gasteiger partial charge in [-0.3, -0.25) is 19.4 Å². The fourth-order valence-corrected chi connectivity index (χ4v) is 3.17. The third kappa shape index (κ3) is 2.32. The summed E-state index contributed by atoms with van der Waals surface area (Å²) in [6.07, 6.45) is 0. The van der Waals surface area contributed by atoms with Crippen molar-refractivity contribution in [1.82, 2.24) is 20.4 Å². The van der Waals surface area contributed by atoms with E-state index in [0.717, 1.165) is 15.2 Å². The molecule has 26 heavy (non-hydrogen) atoms. The van der Waals surface area contributed by atoms with Crippen LogP contribution in [-0.4, -0.2) is 53.3 Å². The highest BCUT2D eigenvalue weighted by atomic mass is 16.3. The van der Waals surface area contributed by atoms with E-state index < -0.39 is 36.0 Å². The first kappa shape index (κ1) is 16.1. The smallest absolute Gasteiger partial charge is 0.325 e. The number of amides is 6. The molecule has 1 aromatic carbocycles. The normalized spacial score (nSPS) is 22.9. The number of rotatable bonds is 3. The van der Waals surface area contributed by atoms with Crippen LogP contribution in [-0.2, 0) is 15.1 Å². The predicted molar refractivity (Wildman–Crippen MR) is 88.9 cm³/mol. The first-order valence-electron chi connectivity index (χ1n) is 8.11. The number of hydrogen-bond donors (Lipinski definition) is 2. The fourth-order valence-electron chi connectivity index (χ4n) is 3.17. The second-order valence-electron chi connectivity index (χ2n) is 6.37. The zero-order valence-electron chi connectivity index (χ0n) is 13.9. The van der Waals surface area contributed by atoms with Crippen LogP contribution in [0.5, 0.6) is 0 Å². The van der Waals surface area contributed by atoms with Gasteiger partial charge in [-0.05, 0) is 19.1 Å². The zero-order chi connectivity index (χ0) is 18.5. The zero-order valence-corrected chi connectivity index (χ0v) is 13.9. The van der Waals surface area contributed by atoms with Crippen LogP contribution in [0.25, 0.3) is 11.0 Å². The number of nitrogens with one attached hydrogen (secondary N) is 2. The molecule has 134 valence electrons. The molecule has 2 fully saturated rings. The largest absolute Gasteiger partial charge is 0.458 e. The summed E-state index contributed by atoms with van der Waals surface area (Å²) < 4.78 is 5.72. The first-order chi connectivity index (χ1) is 12.4. The van der Waals surface area contributed by atoms with Gasteiger partial charge >= 0.3 is 12.1 Å². The lowest BCUT2D eigenvalue weighted by molar-refractivity contribution is -0.137. The van der Waals surface area contributed by atoms with Gasteiger partial charge in [0.2, 0.25) is 0 Å². The molecule has 0 saturated carbocycles. The molecular formula is C17H16N4O5. The third-order valence-corrected chi connectivity index (χ3v) is 4.64. The number of benzene rings is 1. The standard InChI is InChI=1S/C17H16N4O5/c1-17(12-8-10-4-2-3-5-11(10)26-12)14(23)21(16(25)19-17)9-13(22)20-7-6-18-15(20)24/h2-5,8H,6-7,9H2,1H3,(H,18,24)(H,19,25)/t17-/m1/s1. The molecule has 0 aliphatic carbocycles. The van der Waals surface area contributed by atoms with E-state index in [9.17, 15) is 19.2 Å². The van der Waals surface area contributed by atoms with Gasteiger partial charge in [0.05, 0.1) is 0 Å².